The predicted octanol–water partition coefficient (Wildman–Crippen LogP) is 5.86. The van der Waals surface area contributed by atoms with Gasteiger partial charge in [-0.3, -0.25) is 4.98 Å². The number of aromatic nitrogens is 1. The Hall–Kier alpha value is -2.65. The van der Waals surface area contributed by atoms with E-state index in [1.54, 1.807) is 17.4 Å². The summed E-state index contributed by atoms with van der Waals surface area (Å²) in [6.07, 6.45) is -0.311. The number of benzene rings is 2. The van der Waals surface area contributed by atoms with Crippen molar-refractivity contribution in [2.75, 3.05) is 0 Å². The molecule has 104 valence electrons. The van der Waals surface area contributed by atoms with Gasteiger partial charge in [0.25, 0.3) is 0 Å². The molecule has 5 rings (SSSR count). The van der Waals surface area contributed by atoms with Crippen molar-refractivity contribution < 1.29 is 9.90 Å². The third-order valence-corrected chi connectivity index (χ3v) is 4.70. The molecule has 3 heterocycles. The van der Waals surface area contributed by atoms with Crippen LogP contribution in [0.2, 0.25) is 0 Å². The molecule has 3 aromatic heterocycles. The summed E-state index contributed by atoms with van der Waals surface area (Å²) in [5.41, 5.74) is 2.13. The zero-order valence-corrected chi connectivity index (χ0v) is 12.1. The zero-order valence-electron chi connectivity index (χ0n) is 15.3. The Balaban J connectivity index is 1.92. The van der Waals surface area contributed by atoms with Gasteiger partial charge in [-0.15, -0.1) is 11.3 Å². The quantitative estimate of drug-likeness (QED) is 0.387. The van der Waals surface area contributed by atoms with Crippen LogP contribution in [0.5, 0.6) is 0 Å². The molecule has 22 heavy (non-hydrogen) atoms. The van der Waals surface area contributed by atoms with E-state index in [9.17, 15) is 0 Å². The van der Waals surface area contributed by atoms with Crippen LogP contribution in [0.25, 0.3) is 43.3 Å². The third-order valence-electron chi connectivity index (χ3n) is 3.82. The molecular weight excluding hydrogens is 290 g/mol. The molecule has 0 spiro atoms. The van der Waals surface area contributed by atoms with Crippen molar-refractivity contribution in [3.63, 3.8) is 0 Å². The normalized spacial score (nSPS) is 14.2. The van der Waals surface area contributed by atoms with Crippen molar-refractivity contribution in [1.29, 1.82) is 0 Å². The van der Waals surface area contributed by atoms with Crippen LogP contribution in [-0.2, 0) is 0 Å². The highest BCUT2D eigenvalue weighted by atomic mass is 32.1. The SMILES string of the molecule is [2H]c1nc(-c2cccc3c2oc2c4ccsc4ccc32)c([2H])c([2H])c1[2H]. The van der Waals surface area contributed by atoms with Crippen LogP contribution < -0.4 is 0 Å². The number of para-hydroxylation sites is 1. The van der Waals surface area contributed by atoms with Gasteiger partial charge < -0.3 is 4.42 Å². The minimum atomic E-state index is -0.337. The highest BCUT2D eigenvalue weighted by Crippen LogP contribution is 2.39. The van der Waals surface area contributed by atoms with Crippen LogP contribution in [0.15, 0.2) is 70.5 Å². The summed E-state index contributed by atoms with van der Waals surface area (Å²) in [6, 6.07) is 10.9. The number of nitrogens with zero attached hydrogens (tertiary/aromatic N) is 1. The Kier molecular flexibility index (Phi) is 1.75. The molecule has 0 radical (unpaired) electrons. The van der Waals surface area contributed by atoms with Gasteiger partial charge >= 0.3 is 0 Å². The highest BCUT2D eigenvalue weighted by Gasteiger charge is 2.14. The standard InChI is InChI=1S/C19H11NOS/c1-2-10-20-16(6-1)14-5-3-4-12-13-7-8-17-15(9-11-22-17)19(13)21-18(12)14/h1-11H/i1D,2D,6D,10D. The van der Waals surface area contributed by atoms with Crippen molar-refractivity contribution in [1.82, 2.24) is 4.98 Å². The van der Waals surface area contributed by atoms with Crippen molar-refractivity contribution in [3.8, 4) is 11.3 Å². The van der Waals surface area contributed by atoms with Crippen molar-refractivity contribution in [2.24, 2.45) is 0 Å². The lowest BCUT2D eigenvalue weighted by Crippen LogP contribution is -1.81. The van der Waals surface area contributed by atoms with Gasteiger partial charge in [0.1, 0.15) is 11.2 Å². The highest BCUT2D eigenvalue weighted by molar-refractivity contribution is 7.17. The molecule has 0 fully saturated rings. The van der Waals surface area contributed by atoms with Gasteiger partial charge in [0.2, 0.25) is 0 Å². The molecule has 2 aromatic carbocycles. The van der Waals surface area contributed by atoms with Crippen LogP contribution in [0, 0.1) is 0 Å². The number of furan rings is 1. The summed E-state index contributed by atoms with van der Waals surface area (Å²) in [5, 5.41) is 4.94. The van der Waals surface area contributed by atoms with E-state index in [0.29, 0.717) is 11.1 Å². The number of pyridine rings is 1. The summed E-state index contributed by atoms with van der Waals surface area (Å²) in [4.78, 5) is 4.09. The first kappa shape index (κ1) is 8.71. The fraction of sp³-hybridized carbons (Fsp3) is 0. The Morgan fingerprint density at radius 1 is 0.955 bits per heavy atom. The summed E-state index contributed by atoms with van der Waals surface area (Å²) >= 11 is 1.65. The summed E-state index contributed by atoms with van der Waals surface area (Å²) in [6.45, 7) is 0. The maximum atomic E-state index is 8.19. The monoisotopic (exact) mass is 305 g/mol. The molecule has 2 nitrogen and oxygen atoms in total. The maximum absolute atomic E-state index is 8.19. The third kappa shape index (κ3) is 1.57. The van der Waals surface area contributed by atoms with Crippen LogP contribution >= 0.6 is 11.3 Å². The largest absolute Gasteiger partial charge is 0.455 e. The molecule has 0 aliphatic carbocycles. The fourth-order valence-electron chi connectivity index (χ4n) is 2.84. The van der Waals surface area contributed by atoms with Crippen LogP contribution in [0.3, 0.4) is 0 Å². The van der Waals surface area contributed by atoms with E-state index >= 15 is 0 Å². The topological polar surface area (TPSA) is 26.0 Å². The van der Waals surface area contributed by atoms with Gasteiger partial charge in [-0.1, -0.05) is 18.2 Å². The minimum Gasteiger partial charge on any atom is -0.455 e. The molecule has 0 saturated carbocycles. The molecule has 0 bridgehead atoms. The molecule has 0 N–H and O–H groups in total. The van der Waals surface area contributed by atoms with Gasteiger partial charge in [0, 0.05) is 32.6 Å². The number of fused-ring (bicyclic) bond motifs is 5. The Morgan fingerprint density at radius 2 is 1.91 bits per heavy atom. The lowest BCUT2D eigenvalue weighted by molar-refractivity contribution is 0.673. The van der Waals surface area contributed by atoms with E-state index < -0.39 is 0 Å². The van der Waals surface area contributed by atoms with Crippen LogP contribution in [0.1, 0.15) is 5.48 Å². The Labute approximate surface area is 136 Å². The van der Waals surface area contributed by atoms with Gasteiger partial charge in [0.15, 0.2) is 0 Å². The van der Waals surface area contributed by atoms with Gasteiger partial charge in [-0.2, -0.15) is 0 Å². The first-order chi connectivity index (χ1) is 12.6. The van der Waals surface area contributed by atoms with E-state index in [1.807, 2.05) is 29.6 Å². The maximum Gasteiger partial charge on any atom is 0.144 e. The first-order valence-corrected chi connectivity index (χ1v) is 7.70. The fourth-order valence-corrected chi connectivity index (χ4v) is 3.63. The number of thiophene rings is 1. The Morgan fingerprint density at radius 3 is 2.91 bits per heavy atom. The number of rotatable bonds is 1. The molecule has 5 aromatic rings. The van der Waals surface area contributed by atoms with Crippen molar-refractivity contribution >= 4 is 43.4 Å². The molecule has 0 saturated heterocycles. The second-order valence-electron chi connectivity index (χ2n) is 5.01. The van der Waals surface area contributed by atoms with Gasteiger partial charge in [-0.05, 0) is 41.7 Å². The second kappa shape index (κ2) is 4.42. The van der Waals surface area contributed by atoms with E-state index in [0.717, 1.165) is 26.4 Å². The summed E-state index contributed by atoms with van der Waals surface area (Å²) in [7, 11) is 0. The summed E-state index contributed by atoms with van der Waals surface area (Å²) in [5.74, 6) is 0. The molecule has 0 unspecified atom stereocenters. The van der Waals surface area contributed by atoms with E-state index in [-0.39, 0.29) is 30.0 Å². The smallest absolute Gasteiger partial charge is 0.144 e. The lowest BCUT2D eigenvalue weighted by Gasteiger charge is -2.00. The Bertz CT molecular complexity index is 1340. The van der Waals surface area contributed by atoms with Crippen LogP contribution in [0.4, 0.5) is 0 Å². The van der Waals surface area contributed by atoms with Crippen molar-refractivity contribution in [3.05, 3.63) is 66.1 Å². The minimum absolute atomic E-state index is 0.167. The number of hydrogen-bond acceptors (Lipinski definition) is 3. The average molecular weight is 305 g/mol. The summed E-state index contributed by atoms with van der Waals surface area (Å²) < 4.78 is 38.9. The predicted molar refractivity (Wildman–Crippen MR) is 92.3 cm³/mol. The number of hydrogen-bond donors (Lipinski definition) is 0. The van der Waals surface area contributed by atoms with Gasteiger partial charge in [-0.25, -0.2) is 0 Å². The van der Waals surface area contributed by atoms with Crippen LogP contribution in [-0.4, -0.2) is 4.98 Å². The van der Waals surface area contributed by atoms with E-state index in [2.05, 4.69) is 11.1 Å². The molecule has 0 aliphatic rings. The zero-order chi connectivity index (χ0) is 18.0. The average Bonchev–Trinajstić information content (AvgIpc) is 3.26. The first-order valence-electron chi connectivity index (χ1n) is 8.82. The molecule has 0 amide bonds. The van der Waals surface area contributed by atoms with E-state index in [4.69, 9.17) is 9.90 Å². The molecule has 0 atom stereocenters. The van der Waals surface area contributed by atoms with E-state index in [1.165, 1.54) is 0 Å². The molecule has 3 heteroatoms. The van der Waals surface area contributed by atoms with Gasteiger partial charge in [0.05, 0.1) is 11.2 Å². The van der Waals surface area contributed by atoms with Crippen molar-refractivity contribution in [2.45, 2.75) is 0 Å². The molecule has 0 aliphatic heterocycles. The molecular formula is C19H11NOS. The lowest BCUT2D eigenvalue weighted by atomic mass is 10.1. The second-order valence-corrected chi connectivity index (χ2v) is 5.95.